The number of carbonyl (C=O) groups excluding carboxylic acids is 1. The quantitative estimate of drug-likeness (QED) is 0.339. The molecule has 186 valence electrons. The van der Waals surface area contributed by atoms with Gasteiger partial charge in [-0.15, -0.1) is 0 Å². The molecule has 1 atom stereocenters. The molecular formula is C27H27N3O4S2. The highest BCUT2D eigenvalue weighted by atomic mass is 32.2. The molecule has 3 aromatic rings. The van der Waals surface area contributed by atoms with Crippen LogP contribution in [-0.4, -0.2) is 43.8 Å². The van der Waals surface area contributed by atoms with Crippen molar-refractivity contribution in [1.29, 1.82) is 0 Å². The third-order valence-corrected chi connectivity index (χ3v) is 7.61. The zero-order valence-electron chi connectivity index (χ0n) is 20.4. The second kappa shape index (κ2) is 9.80. The predicted octanol–water partition coefficient (Wildman–Crippen LogP) is 5.16. The molecule has 36 heavy (non-hydrogen) atoms. The summed E-state index contributed by atoms with van der Waals surface area (Å²) in [5.74, 6) is 0.452. The molecule has 0 bridgehead atoms. The molecule has 2 fully saturated rings. The number of hydrogen-bond donors (Lipinski definition) is 0. The van der Waals surface area contributed by atoms with Crippen molar-refractivity contribution in [2.24, 2.45) is 0 Å². The van der Waals surface area contributed by atoms with E-state index in [0.29, 0.717) is 33.8 Å². The highest BCUT2D eigenvalue weighted by molar-refractivity contribution is 8.26. The van der Waals surface area contributed by atoms with Gasteiger partial charge in [0.15, 0.2) is 0 Å². The van der Waals surface area contributed by atoms with Crippen LogP contribution in [0.4, 0.5) is 0 Å². The third-order valence-electron chi connectivity index (χ3n) is 6.23. The van der Waals surface area contributed by atoms with Crippen LogP contribution in [0.15, 0.2) is 58.4 Å². The fraction of sp³-hybridized carbons (Fsp3) is 0.333. The Labute approximate surface area is 219 Å². The van der Waals surface area contributed by atoms with Gasteiger partial charge in [0.2, 0.25) is 5.88 Å². The first-order chi connectivity index (χ1) is 17.2. The number of carbonyl (C=O) groups is 1. The van der Waals surface area contributed by atoms with E-state index in [1.54, 1.807) is 35.4 Å². The first-order valence-electron chi connectivity index (χ1n) is 11.9. The van der Waals surface area contributed by atoms with Gasteiger partial charge in [0.1, 0.15) is 21.3 Å². The van der Waals surface area contributed by atoms with Gasteiger partial charge in [-0.2, -0.15) is 4.98 Å². The average Bonchev–Trinajstić information content (AvgIpc) is 3.45. The molecule has 2 aromatic heterocycles. The van der Waals surface area contributed by atoms with Crippen LogP contribution in [0.5, 0.6) is 11.6 Å². The molecule has 0 aliphatic carbocycles. The van der Waals surface area contributed by atoms with E-state index in [0.717, 1.165) is 18.4 Å². The number of nitrogens with zero attached hydrogens (tertiary/aromatic N) is 3. The summed E-state index contributed by atoms with van der Waals surface area (Å²) >= 11 is 6.65. The number of benzene rings is 1. The number of thiocarbonyl (C=S) groups is 1. The Morgan fingerprint density at radius 2 is 1.97 bits per heavy atom. The molecule has 0 spiro atoms. The van der Waals surface area contributed by atoms with Crippen molar-refractivity contribution in [3.63, 3.8) is 0 Å². The molecule has 1 aromatic carbocycles. The molecule has 1 amide bonds. The molecule has 2 saturated heterocycles. The Bertz CT molecular complexity index is 1420. The van der Waals surface area contributed by atoms with Gasteiger partial charge in [-0.25, -0.2) is 0 Å². The van der Waals surface area contributed by atoms with E-state index in [1.807, 2.05) is 24.3 Å². The van der Waals surface area contributed by atoms with Crippen LogP contribution >= 0.6 is 24.0 Å². The van der Waals surface area contributed by atoms with Crippen molar-refractivity contribution in [2.45, 2.75) is 45.1 Å². The summed E-state index contributed by atoms with van der Waals surface area (Å²) in [6, 6.07) is 13.0. The molecule has 9 heteroatoms. The maximum atomic E-state index is 13.5. The molecule has 0 radical (unpaired) electrons. The van der Waals surface area contributed by atoms with Gasteiger partial charge in [0, 0.05) is 12.8 Å². The molecular weight excluding hydrogens is 494 g/mol. The topological polar surface area (TPSA) is 73.1 Å². The van der Waals surface area contributed by atoms with Crippen LogP contribution in [0.25, 0.3) is 11.7 Å². The summed E-state index contributed by atoms with van der Waals surface area (Å²) in [7, 11) is 0. The van der Waals surface area contributed by atoms with Gasteiger partial charge < -0.3 is 9.47 Å². The van der Waals surface area contributed by atoms with Crippen LogP contribution in [0.1, 0.15) is 44.7 Å². The number of thioether (sulfide) groups is 1. The fourth-order valence-corrected chi connectivity index (χ4v) is 5.46. The van der Waals surface area contributed by atoms with Gasteiger partial charge in [-0.1, -0.05) is 63.0 Å². The van der Waals surface area contributed by atoms with Crippen LogP contribution in [0.2, 0.25) is 0 Å². The Morgan fingerprint density at radius 1 is 1.19 bits per heavy atom. The number of hydrogen-bond acceptors (Lipinski definition) is 7. The molecule has 7 nitrogen and oxygen atoms in total. The lowest BCUT2D eigenvalue weighted by atomic mass is 9.87. The SMILES string of the molecule is CC(C)(C)c1ccc(Oc2nc3ccccn3c(=O)c2/C=C2\SC(=S)N(CC3CCCO3)C2=O)cc1. The van der Waals surface area contributed by atoms with Crippen molar-refractivity contribution in [3.8, 4) is 11.6 Å². The number of aromatic nitrogens is 2. The van der Waals surface area contributed by atoms with E-state index in [9.17, 15) is 9.59 Å². The monoisotopic (exact) mass is 521 g/mol. The van der Waals surface area contributed by atoms with E-state index in [-0.39, 0.29) is 34.4 Å². The number of amides is 1. The summed E-state index contributed by atoms with van der Waals surface area (Å²) in [6.45, 7) is 7.54. The highest BCUT2D eigenvalue weighted by Crippen LogP contribution is 2.35. The summed E-state index contributed by atoms with van der Waals surface area (Å²) in [4.78, 5) is 33.2. The van der Waals surface area contributed by atoms with Gasteiger partial charge >= 0.3 is 0 Å². The fourth-order valence-electron chi connectivity index (χ4n) is 4.20. The first-order valence-corrected chi connectivity index (χ1v) is 13.1. The van der Waals surface area contributed by atoms with Crippen molar-refractivity contribution >= 4 is 45.9 Å². The summed E-state index contributed by atoms with van der Waals surface area (Å²) in [6.07, 6.45) is 5.05. The van der Waals surface area contributed by atoms with Crippen LogP contribution in [-0.2, 0) is 14.9 Å². The van der Waals surface area contributed by atoms with Crippen LogP contribution in [0, 0.1) is 0 Å². The zero-order chi connectivity index (χ0) is 25.4. The minimum Gasteiger partial charge on any atom is -0.438 e. The van der Waals surface area contributed by atoms with E-state index in [4.69, 9.17) is 21.7 Å². The minimum absolute atomic E-state index is 0.00201. The summed E-state index contributed by atoms with van der Waals surface area (Å²) in [5, 5.41) is 0. The van der Waals surface area contributed by atoms with Crippen molar-refractivity contribution in [1.82, 2.24) is 14.3 Å². The number of rotatable bonds is 5. The highest BCUT2D eigenvalue weighted by Gasteiger charge is 2.35. The van der Waals surface area contributed by atoms with E-state index in [1.165, 1.54) is 16.2 Å². The lowest BCUT2D eigenvalue weighted by Gasteiger charge is -2.19. The number of fused-ring (bicyclic) bond motifs is 1. The Balaban J connectivity index is 1.52. The third kappa shape index (κ3) is 4.96. The van der Waals surface area contributed by atoms with E-state index < -0.39 is 0 Å². The lowest BCUT2D eigenvalue weighted by Crippen LogP contribution is -2.35. The standard InChI is InChI=1S/C27H27N3O4S2/c1-27(2,3)17-9-11-18(12-10-17)34-23-20(24(31)29-13-5-4-8-22(29)28-23)15-21-25(32)30(26(35)36-21)16-19-7-6-14-33-19/h4-5,8-13,15,19H,6-7,14,16H2,1-3H3/b21-15-. The van der Waals surface area contributed by atoms with Crippen molar-refractivity contribution in [3.05, 3.63) is 75.0 Å². The maximum Gasteiger partial charge on any atom is 0.269 e. The van der Waals surface area contributed by atoms with Crippen molar-refractivity contribution < 1.29 is 14.3 Å². The summed E-state index contributed by atoms with van der Waals surface area (Å²) in [5.41, 5.74) is 1.48. The van der Waals surface area contributed by atoms with Crippen LogP contribution < -0.4 is 10.3 Å². The van der Waals surface area contributed by atoms with Gasteiger partial charge in [-0.3, -0.25) is 18.9 Å². The Morgan fingerprint density at radius 3 is 2.67 bits per heavy atom. The zero-order valence-corrected chi connectivity index (χ0v) is 22.0. The molecule has 1 unspecified atom stereocenters. The minimum atomic E-state index is -0.327. The van der Waals surface area contributed by atoms with Gasteiger partial charge in [0.05, 0.1) is 17.6 Å². The predicted molar refractivity (Wildman–Crippen MR) is 146 cm³/mol. The van der Waals surface area contributed by atoms with Crippen LogP contribution in [0.3, 0.4) is 0 Å². The molecule has 2 aliphatic rings. The Hall–Kier alpha value is -3.01. The van der Waals surface area contributed by atoms with Gasteiger partial charge in [-0.05, 0) is 54.2 Å². The lowest BCUT2D eigenvalue weighted by molar-refractivity contribution is -0.123. The smallest absolute Gasteiger partial charge is 0.269 e. The van der Waals surface area contributed by atoms with E-state index >= 15 is 0 Å². The van der Waals surface area contributed by atoms with Gasteiger partial charge in [0.25, 0.3) is 11.5 Å². The summed E-state index contributed by atoms with van der Waals surface area (Å²) < 4.78 is 13.7. The molecule has 0 saturated carbocycles. The second-order valence-corrected chi connectivity index (χ2v) is 11.5. The number of ether oxygens (including phenoxy) is 2. The molecule has 5 rings (SSSR count). The second-order valence-electron chi connectivity index (χ2n) is 9.87. The number of pyridine rings is 1. The average molecular weight is 522 g/mol. The molecule has 4 heterocycles. The largest absolute Gasteiger partial charge is 0.438 e. The first kappa shape index (κ1) is 24.7. The van der Waals surface area contributed by atoms with Crippen molar-refractivity contribution in [2.75, 3.05) is 13.2 Å². The van der Waals surface area contributed by atoms with E-state index in [2.05, 4.69) is 25.8 Å². The maximum absolute atomic E-state index is 13.5. The Kier molecular flexibility index (Phi) is 6.72. The molecule has 0 N–H and O–H groups in total. The molecule has 2 aliphatic heterocycles. The normalized spacial score (nSPS) is 19.6.